The molecule has 2 aliphatic carbocycles. The van der Waals surface area contributed by atoms with Crippen molar-refractivity contribution in [3.05, 3.63) is 0 Å². The van der Waals surface area contributed by atoms with Gasteiger partial charge in [-0.2, -0.15) is 0 Å². The number of carbonyl (C=O) groups is 1. The van der Waals surface area contributed by atoms with E-state index in [-0.39, 0.29) is 0 Å². The highest BCUT2D eigenvalue weighted by Crippen LogP contribution is 2.37. The maximum absolute atomic E-state index is 11.9. The third-order valence-corrected chi connectivity index (χ3v) is 4.85. The van der Waals surface area contributed by atoms with Gasteiger partial charge >= 0.3 is 0 Å². The molecule has 2 heteroatoms. The van der Waals surface area contributed by atoms with E-state index in [9.17, 15) is 4.79 Å². The molecule has 0 aromatic heterocycles. The number of ketones is 1. The van der Waals surface area contributed by atoms with Crippen LogP contribution in [0, 0.1) is 11.8 Å². The lowest BCUT2D eigenvalue weighted by molar-refractivity contribution is -0.128. The van der Waals surface area contributed by atoms with Gasteiger partial charge in [-0.3, -0.25) is 4.79 Å². The summed E-state index contributed by atoms with van der Waals surface area (Å²) in [5, 5.41) is 3.66. The molecule has 2 rings (SSSR count). The molecule has 2 saturated carbocycles. The zero-order valence-electron chi connectivity index (χ0n) is 11.9. The van der Waals surface area contributed by atoms with Crippen LogP contribution in [0.1, 0.15) is 71.1 Å². The second-order valence-corrected chi connectivity index (χ2v) is 6.27. The van der Waals surface area contributed by atoms with Crippen molar-refractivity contribution in [1.82, 2.24) is 5.32 Å². The number of unbranched alkanes of at least 4 members (excludes halogenated alkanes) is 4. The van der Waals surface area contributed by atoms with E-state index in [1.165, 1.54) is 57.8 Å². The van der Waals surface area contributed by atoms with E-state index >= 15 is 0 Å². The Balaban J connectivity index is 1.64. The summed E-state index contributed by atoms with van der Waals surface area (Å²) in [6, 6.07) is 0.500. The Kier molecular flexibility index (Phi) is 5.68. The van der Waals surface area contributed by atoms with Crippen LogP contribution in [0.15, 0.2) is 0 Å². The SMILES string of the molecule is CCCCCCCNC1CC(=O)C2CCCC1C2. The molecule has 0 radical (unpaired) electrons. The summed E-state index contributed by atoms with van der Waals surface area (Å²) in [5.74, 6) is 1.75. The van der Waals surface area contributed by atoms with Gasteiger partial charge in [0.25, 0.3) is 0 Å². The molecule has 0 aromatic carbocycles. The standard InChI is InChI=1S/C16H29NO/c1-2-3-4-5-6-10-17-15-12-16(18)14-9-7-8-13(15)11-14/h13-15,17H,2-12H2,1H3. The fourth-order valence-corrected chi connectivity index (χ4v) is 3.69. The van der Waals surface area contributed by atoms with Crippen molar-refractivity contribution >= 4 is 5.78 Å². The highest BCUT2D eigenvalue weighted by Gasteiger charge is 2.37. The monoisotopic (exact) mass is 251 g/mol. The van der Waals surface area contributed by atoms with Gasteiger partial charge < -0.3 is 5.32 Å². The van der Waals surface area contributed by atoms with Crippen molar-refractivity contribution < 1.29 is 4.79 Å². The Morgan fingerprint density at radius 3 is 2.83 bits per heavy atom. The van der Waals surface area contributed by atoms with Crippen LogP contribution in [-0.2, 0) is 4.79 Å². The summed E-state index contributed by atoms with van der Waals surface area (Å²) >= 11 is 0. The molecule has 18 heavy (non-hydrogen) atoms. The molecule has 0 aliphatic heterocycles. The van der Waals surface area contributed by atoms with Crippen molar-refractivity contribution in [2.24, 2.45) is 11.8 Å². The Labute approximate surface area is 112 Å². The predicted octanol–water partition coefficient (Wildman–Crippen LogP) is 3.69. The lowest BCUT2D eigenvalue weighted by Gasteiger charge is -2.39. The van der Waals surface area contributed by atoms with Crippen LogP contribution >= 0.6 is 0 Å². The minimum atomic E-state index is 0.423. The lowest BCUT2D eigenvalue weighted by Crippen LogP contribution is -2.46. The maximum atomic E-state index is 11.9. The molecule has 3 unspecified atom stereocenters. The summed E-state index contributed by atoms with van der Waals surface area (Å²) in [5.41, 5.74) is 0. The zero-order chi connectivity index (χ0) is 12.8. The van der Waals surface area contributed by atoms with Gasteiger partial charge in [-0.05, 0) is 38.1 Å². The predicted molar refractivity (Wildman–Crippen MR) is 75.6 cm³/mol. The topological polar surface area (TPSA) is 29.1 Å². The van der Waals surface area contributed by atoms with Crippen molar-refractivity contribution in [3.8, 4) is 0 Å². The largest absolute Gasteiger partial charge is 0.313 e. The van der Waals surface area contributed by atoms with Gasteiger partial charge in [0.2, 0.25) is 0 Å². The van der Waals surface area contributed by atoms with Crippen LogP contribution in [0.5, 0.6) is 0 Å². The normalized spacial score (nSPS) is 31.6. The van der Waals surface area contributed by atoms with E-state index in [2.05, 4.69) is 12.2 Å². The van der Waals surface area contributed by atoms with Gasteiger partial charge in [-0.15, -0.1) is 0 Å². The number of nitrogens with one attached hydrogen (secondary N) is 1. The van der Waals surface area contributed by atoms with Crippen LogP contribution in [0.4, 0.5) is 0 Å². The molecule has 0 amide bonds. The molecule has 104 valence electrons. The molecule has 0 aromatic rings. The first-order valence-corrected chi connectivity index (χ1v) is 8.07. The van der Waals surface area contributed by atoms with Crippen molar-refractivity contribution in [1.29, 1.82) is 0 Å². The second-order valence-electron chi connectivity index (χ2n) is 6.27. The highest BCUT2D eigenvalue weighted by atomic mass is 16.1. The average molecular weight is 251 g/mol. The van der Waals surface area contributed by atoms with Crippen molar-refractivity contribution in [2.75, 3.05) is 6.54 Å². The fourth-order valence-electron chi connectivity index (χ4n) is 3.69. The van der Waals surface area contributed by atoms with Crippen molar-refractivity contribution in [2.45, 2.75) is 77.2 Å². The minimum Gasteiger partial charge on any atom is -0.313 e. The molecule has 0 spiro atoms. The molecule has 0 heterocycles. The number of fused-ring (bicyclic) bond motifs is 2. The Morgan fingerprint density at radius 1 is 1.17 bits per heavy atom. The van der Waals surface area contributed by atoms with Crippen LogP contribution in [-0.4, -0.2) is 18.4 Å². The molecule has 2 aliphatic rings. The lowest BCUT2D eigenvalue weighted by atomic mass is 9.69. The zero-order valence-corrected chi connectivity index (χ0v) is 11.9. The van der Waals surface area contributed by atoms with Gasteiger partial charge in [0.15, 0.2) is 0 Å². The fraction of sp³-hybridized carbons (Fsp3) is 0.938. The Bertz CT molecular complexity index is 264. The molecule has 2 bridgehead atoms. The third-order valence-electron chi connectivity index (χ3n) is 4.85. The highest BCUT2D eigenvalue weighted by molar-refractivity contribution is 5.82. The van der Waals surface area contributed by atoms with Gasteiger partial charge in [0.05, 0.1) is 0 Å². The van der Waals surface area contributed by atoms with Crippen LogP contribution in [0.25, 0.3) is 0 Å². The van der Waals surface area contributed by atoms with E-state index in [1.807, 2.05) is 0 Å². The first-order valence-electron chi connectivity index (χ1n) is 8.07. The van der Waals surface area contributed by atoms with Crippen LogP contribution in [0.3, 0.4) is 0 Å². The van der Waals surface area contributed by atoms with E-state index in [4.69, 9.17) is 0 Å². The number of hydrogen-bond donors (Lipinski definition) is 1. The molecule has 3 atom stereocenters. The molecule has 2 nitrogen and oxygen atoms in total. The van der Waals surface area contributed by atoms with Gasteiger partial charge in [-0.1, -0.05) is 39.0 Å². The van der Waals surface area contributed by atoms with E-state index in [0.29, 0.717) is 17.7 Å². The van der Waals surface area contributed by atoms with Gasteiger partial charge in [0, 0.05) is 18.4 Å². The molecular formula is C16H29NO. The van der Waals surface area contributed by atoms with Crippen LogP contribution in [0.2, 0.25) is 0 Å². The summed E-state index contributed by atoms with van der Waals surface area (Å²) in [4.78, 5) is 11.9. The Hall–Kier alpha value is -0.370. The summed E-state index contributed by atoms with van der Waals surface area (Å²) in [6.07, 6.45) is 12.4. The minimum absolute atomic E-state index is 0.423. The number of carbonyl (C=O) groups excluding carboxylic acids is 1. The molecule has 0 saturated heterocycles. The number of Topliss-reactive ketones (excluding diaryl/α,β-unsaturated/α-hetero) is 1. The summed E-state index contributed by atoms with van der Waals surface area (Å²) in [7, 11) is 0. The Morgan fingerprint density at radius 2 is 2.00 bits per heavy atom. The van der Waals surface area contributed by atoms with Gasteiger partial charge in [0.1, 0.15) is 5.78 Å². The first kappa shape index (κ1) is 14.0. The van der Waals surface area contributed by atoms with Crippen molar-refractivity contribution in [3.63, 3.8) is 0 Å². The number of hydrogen-bond acceptors (Lipinski definition) is 2. The van der Waals surface area contributed by atoms with Crippen LogP contribution < -0.4 is 5.32 Å². The average Bonchev–Trinajstić information content (AvgIpc) is 2.40. The molecule has 2 fully saturated rings. The molecule has 1 N–H and O–H groups in total. The molecular weight excluding hydrogens is 222 g/mol. The van der Waals surface area contributed by atoms with E-state index in [1.54, 1.807) is 0 Å². The smallest absolute Gasteiger partial charge is 0.137 e. The summed E-state index contributed by atoms with van der Waals surface area (Å²) < 4.78 is 0. The summed E-state index contributed by atoms with van der Waals surface area (Å²) in [6.45, 7) is 3.37. The van der Waals surface area contributed by atoms with Gasteiger partial charge in [-0.25, -0.2) is 0 Å². The van der Waals surface area contributed by atoms with E-state index in [0.717, 1.165) is 18.9 Å². The quantitative estimate of drug-likeness (QED) is 0.699. The van der Waals surface area contributed by atoms with E-state index < -0.39 is 0 Å². The number of rotatable bonds is 7. The third kappa shape index (κ3) is 3.81. The second kappa shape index (κ2) is 7.28. The maximum Gasteiger partial charge on any atom is 0.137 e. The first-order chi connectivity index (χ1) is 8.81.